The van der Waals surface area contributed by atoms with Gasteiger partial charge in [-0.05, 0) is 25.0 Å². The minimum absolute atomic E-state index is 0.0752. The van der Waals surface area contributed by atoms with Crippen molar-refractivity contribution in [3.63, 3.8) is 0 Å². The van der Waals surface area contributed by atoms with E-state index in [4.69, 9.17) is 15.2 Å². The summed E-state index contributed by atoms with van der Waals surface area (Å²) in [7, 11) is 0. The number of piperidine rings is 1. The van der Waals surface area contributed by atoms with Crippen molar-refractivity contribution in [1.82, 2.24) is 0 Å². The minimum Gasteiger partial charge on any atom is -0.486 e. The first-order valence-electron chi connectivity index (χ1n) is 7.27. The van der Waals surface area contributed by atoms with Gasteiger partial charge in [-0.25, -0.2) is 4.39 Å². The van der Waals surface area contributed by atoms with Gasteiger partial charge in [-0.15, -0.1) is 0 Å². The molecule has 0 spiro atoms. The van der Waals surface area contributed by atoms with Crippen molar-refractivity contribution in [2.45, 2.75) is 31.4 Å². The van der Waals surface area contributed by atoms with Crippen LogP contribution in [0.4, 0.5) is 10.1 Å². The summed E-state index contributed by atoms with van der Waals surface area (Å²) in [6, 6.07) is 4.98. The Hall–Kier alpha value is -1.33. The molecule has 1 aromatic carbocycles. The molecule has 0 radical (unpaired) electrons. The molecule has 2 aliphatic heterocycles. The second kappa shape index (κ2) is 5.97. The number of nitrogens with two attached hydrogens (primary N) is 1. The highest BCUT2D eigenvalue weighted by atomic mass is 19.1. The van der Waals surface area contributed by atoms with Crippen LogP contribution in [-0.2, 0) is 4.74 Å². The van der Waals surface area contributed by atoms with E-state index in [-0.39, 0.29) is 18.0 Å². The molecule has 2 N–H and O–H groups in total. The molecular formula is C15H21FN2O2. The van der Waals surface area contributed by atoms with Gasteiger partial charge in [0.1, 0.15) is 17.7 Å². The average molecular weight is 280 g/mol. The van der Waals surface area contributed by atoms with Crippen molar-refractivity contribution in [2.24, 2.45) is 5.73 Å². The fourth-order valence-corrected chi connectivity index (χ4v) is 2.76. The molecule has 1 atom stereocenters. The maximum Gasteiger partial charge on any atom is 0.143 e. The highest BCUT2D eigenvalue weighted by Crippen LogP contribution is 2.32. The first-order chi connectivity index (χ1) is 9.72. The lowest BCUT2D eigenvalue weighted by molar-refractivity contribution is 0.141. The highest BCUT2D eigenvalue weighted by molar-refractivity contribution is 5.59. The van der Waals surface area contributed by atoms with Gasteiger partial charge < -0.3 is 20.1 Å². The molecule has 20 heavy (non-hydrogen) atoms. The Morgan fingerprint density at radius 1 is 1.25 bits per heavy atom. The van der Waals surface area contributed by atoms with Crippen LogP contribution in [-0.4, -0.2) is 38.4 Å². The molecule has 2 heterocycles. The van der Waals surface area contributed by atoms with Crippen molar-refractivity contribution in [3.8, 4) is 5.75 Å². The van der Waals surface area contributed by atoms with Gasteiger partial charge in [0, 0.05) is 31.6 Å². The lowest BCUT2D eigenvalue weighted by Gasteiger charge is -2.33. The van der Waals surface area contributed by atoms with Crippen molar-refractivity contribution >= 4 is 5.69 Å². The summed E-state index contributed by atoms with van der Waals surface area (Å²) < 4.78 is 24.9. The molecule has 1 aromatic rings. The van der Waals surface area contributed by atoms with E-state index in [0.717, 1.165) is 50.4 Å². The molecule has 0 aromatic heterocycles. The van der Waals surface area contributed by atoms with E-state index in [9.17, 15) is 4.39 Å². The maximum atomic E-state index is 13.6. The Bertz CT molecular complexity index is 455. The second-order valence-electron chi connectivity index (χ2n) is 5.54. The second-order valence-corrected chi connectivity index (χ2v) is 5.54. The van der Waals surface area contributed by atoms with Crippen molar-refractivity contribution < 1.29 is 13.9 Å². The molecule has 2 fully saturated rings. The number of hydrogen-bond acceptors (Lipinski definition) is 4. The first-order valence-corrected chi connectivity index (χ1v) is 7.27. The van der Waals surface area contributed by atoms with Crippen molar-refractivity contribution in [2.75, 3.05) is 31.2 Å². The lowest BCUT2D eigenvalue weighted by Crippen LogP contribution is -2.40. The van der Waals surface area contributed by atoms with Gasteiger partial charge in [-0.3, -0.25) is 0 Å². The Balaban J connectivity index is 1.78. The molecule has 0 bridgehead atoms. The van der Waals surface area contributed by atoms with Crippen LogP contribution in [0, 0.1) is 5.82 Å². The van der Waals surface area contributed by atoms with Gasteiger partial charge in [-0.2, -0.15) is 0 Å². The molecule has 0 amide bonds. The number of anilines is 1. The van der Waals surface area contributed by atoms with Gasteiger partial charge in [-0.1, -0.05) is 0 Å². The number of hydrogen-bond donors (Lipinski definition) is 1. The summed E-state index contributed by atoms with van der Waals surface area (Å²) in [5.74, 6) is 0.516. The van der Waals surface area contributed by atoms with Crippen LogP contribution in [0.1, 0.15) is 19.3 Å². The summed E-state index contributed by atoms with van der Waals surface area (Å²) in [4.78, 5) is 2.16. The topological polar surface area (TPSA) is 47.7 Å². The summed E-state index contributed by atoms with van der Waals surface area (Å²) >= 11 is 0. The Labute approximate surface area is 118 Å². The molecule has 5 heteroatoms. The summed E-state index contributed by atoms with van der Waals surface area (Å²) in [6.07, 6.45) is 2.83. The third kappa shape index (κ3) is 3.04. The number of rotatable bonds is 3. The largest absolute Gasteiger partial charge is 0.486 e. The standard InChI is InChI=1S/C15H21FN2O2/c16-11-1-2-15(20-13-5-8-19-10-13)14(9-11)18-6-3-12(17)4-7-18/h1-2,9,12-13H,3-8,10,17H2. The first kappa shape index (κ1) is 13.6. The quantitative estimate of drug-likeness (QED) is 0.919. The molecule has 2 aliphatic rings. The van der Waals surface area contributed by atoms with Gasteiger partial charge in [0.15, 0.2) is 0 Å². The molecule has 1 unspecified atom stereocenters. The van der Waals surface area contributed by atoms with Crippen molar-refractivity contribution in [3.05, 3.63) is 24.0 Å². The number of ether oxygens (including phenoxy) is 2. The third-order valence-corrected chi connectivity index (χ3v) is 3.98. The molecule has 110 valence electrons. The van der Waals surface area contributed by atoms with E-state index in [1.54, 1.807) is 12.1 Å². The predicted octanol–water partition coefficient (Wildman–Crippen LogP) is 1.92. The fraction of sp³-hybridized carbons (Fsp3) is 0.600. The maximum absolute atomic E-state index is 13.6. The third-order valence-electron chi connectivity index (χ3n) is 3.98. The van der Waals surface area contributed by atoms with Crippen LogP contribution in [0.5, 0.6) is 5.75 Å². The molecular weight excluding hydrogens is 259 g/mol. The van der Waals surface area contributed by atoms with E-state index in [1.807, 2.05) is 0 Å². The molecule has 4 nitrogen and oxygen atoms in total. The predicted molar refractivity (Wildman–Crippen MR) is 75.7 cm³/mol. The van der Waals surface area contributed by atoms with E-state index in [0.29, 0.717) is 6.61 Å². The van der Waals surface area contributed by atoms with E-state index in [2.05, 4.69) is 4.90 Å². The van der Waals surface area contributed by atoms with Gasteiger partial charge in [0.2, 0.25) is 0 Å². The van der Waals surface area contributed by atoms with Gasteiger partial charge >= 0.3 is 0 Å². The van der Waals surface area contributed by atoms with Crippen LogP contribution < -0.4 is 15.4 Å². The van der Waals surface area contributed by atoms with Crippen LogP contribution in [0.2, 0.25) is 0 Å². The minimum atomic E-state index is -0.232. The van der Waals surface area contributed by atoms with Crippen LogP contribution in [0.25, 0.3) is 0 Å². The van der Waals surface area contributed by atoms with Crippen molar-refractivity contribution in [1.29, 1.82) is 0 Å². The number of halogens is 1. The zero-order valence-corrected chi connectivity index (χ0v) is 11.6. The summed E-state index contributed by atoms with van der Waals surface area (Å²) in [6.45, 7) is 3.05. The van der Waals surface area contributed by atoms with E-state index in [1.165, 1.54) is 6.07 Å². The zero-order valence-electron chi connectivity index (χ0n) is 11.6. The molecule has 2 saturated heterocycles. The number of nitrogens with zero attached hydrogens (tertiary/aromatic N) is 1. The van der Waals surface area contributed by atoms with Crippen LogP contribution in [0.15, 0.2) is 18.2 Å². The number of benzene rings is 1. The zero-order chi connectivity index (χ0) is 13.9. The Kier molecular flexibility index (Phi) is 4.08. The van der Waals surface area contributed by atoms with Gasteiger partial charge in [0.25, 0.3) is 0 Å². The Morgan fingerprint density at radius 2 is 2.05 bits per heavy atom. The van der Waals surface area contributed by atoms with Crippen LogP contribution in [0.3, 0.4) is 0 Å². The highest BCUT2D eigenvalue weighted by Gasteiger charge is 2.23. The van der Waals surface area contributed by atoms with Gasteiger partial charge in [0.05, 0.1) is 18.9 Å². The summed E-state index contributed by atoms with van der Waals surface area (Å²) in [5.41, 5.74) is 6.76. The summed E-state index contributed by atoms with van der Waals surface area (Å²) in [5, 5.41) is 0. The SMILES string of the molecule is NC1CCN(c2cc(F)ccc2OC2CCOC2)CC1. The lowest BCUT2D eigenvalue weighted by atomic mass is 10.1. The average Bonchev–Trinajstić information content (AvgIpc) is 2.95. The van der Waals surface area contributed by atoms with Crippen LogP contribution >= 0.6 is 0 Å². The fourth-order valence-electron chi connectivity index (χ4n) is 2.76. The Morgan fingerprint density at radius 3 is 2.75 bits per heavy atom. The van der Waals surface area contributed by atoms with E-state index < -0.39 is 0 Å². The monoisotopic (exact) mass is 280 g/mol. The van der Waals surface area contributed by atoms with E-state index >= 15 is 0 Å². The normalized spacial score (nSPS) is 24.1. The molecule has 3 rings (SSSR count). The molecule has 0 saturated carbocycles. The smallest absolute Gasteiger partial charge is 0.143 e. The molecule has 0 aliphatic carbocycles.